The molecule has 0 saturated heterocycles. The first-order valence-corrected chi connectivity index (χ1v) is 8.55. The number of aryl methyl sites for hydroxylation is 1. The van der Waals surface area contributed by atoms with Gasteiger partial charge in [0.05, 0.1) is 5.56 Å². The third-order valence-electron chi connectivity index (χ3n) is 4.03. The molecule has 0 aliphatic carbocycles. The van der Waals surface area contributed by atoms with Crippen LogP contribution in [0.3, 0.4) is 0 Å². The molecule has 28 heavy (non-hydrogen) atoms. The Morgan fingerprint density at radius 2 is 1.75 bits per heavy atom. The van der Waals surface area contributed by atoms with Crippen molar-refractivity contribution in [2.24, 2.45) is 0 Å². The van der Waals surface area contributed by atoms with Crippen LogP contribution in [-0.2, 0) is 12.7 Å². The number of halogens is 3. The van der Waals surface area contributed by atoms with Gasteiger partial charge in [0.25, 0.3) is 5.91 Å². The Balaban J connectivity index is 1.65. The molecule has 0 aliphatic heterocycles. The maximum atomic E-state index is 12.6. The summed E-state index contributed by atoms with van der Waals surface area (Å²) in [6, 6.07) is 15.6. The number of alkyl halides is 3. The average molecular weight is 385 g/mol. The lowest BCUT2D eigenvalue weighted by Crippen LogP contribution is -2.23. The van der Waals surface area contributed by atoms with Crippen LogP contribution in [0.4, 0.5) is 24.5 Å². The van der Waals surface area contributed by atoms with E-state index in [4.69, 9.17) is 0 Å². The van der Waals surface area contributed by atoms with Crippen molar-refractivity contribution in [3.05, 3.63) is 89.2 Å². The van der Waals surface area contributed by atoms with E-state index in [0.29, 0.717) is 17.9 Å². The number of nitrogens with one attached hydrogen (secondary N) is 2. The fraction of sp³-hybridized carbons (Fsp3) is 0.143. The van der Waals surface area contributed by atoms with Gasteiger partial charge in [-0.15, -0.1) is 0 Å². The first-order valence-electron chi connectivity index (χ1n) is 8.55. The van der Waals surface area contributed by atoms with Crippen molar-refractivity contribution in [2.75, 3.05) is 5.32 Å². The Hall–Kier alpha value is -3.35. The normalized spacial score (nSPS) is 11.1. The Bertz CT molecular complexity index is 969. The summed E-state index contributed by atoms with van der Waals surface area (Å²) in [4.78, 5) is 16.4. The van der Waals surface area contributed by atoms with Gasteiger partial charge in [-0.05, 0) is 48.9 Å². The van der Waals surface area contributed by atoms with E-state index in [1.807, 2.05) is 31.2 Å². The number of hydrogen-bond acceptors (Lipinski definition) is 3. The second-order valence-corrected chi connectivity index (χ2v) is 6.30. The summed E-state index contributed by atoms with van der Waals surface area (Å²) in [5.41, 5.74) is 2.61. The molecule has 2 N–H and O–H groups in total. The maximum absolute atomic E-state index is 12.6. The van der Waals surface area contributed by atoms with Crippen LogP contribution >= 0.6 is 0 Å². The van der Waals surface area contributed by atoms with Crippen molar-refractivity contribution in [2.45, 2.75) is 19.6 Å². The van der Waals surface area contributed by atoms with Gasteiger partial charge in [-0.25, -0.2) is 0 Å². The van der Waals surface area contributed by atoms with Crippen molar-refractivity contribution < 1.29 is 18.0 Å². The van der Waals surface area contributed by atoms with Crippen molar-refractivity contribution in [3.8, 4) is 0 Å². The lowest BCUT2D eigenvalue weighted by molar-refractivity contribution is -0.137. The zero-order valence-corrected chi connectivity index (χ0v) is 15.0. The highest BCUT2D eigenvalue weighted by Crippen LogP contribution is 2.30. The SMILES string of the molecule is Cc1cccc(CNC(=O)c2cc(Nc3ccc(C(F)(F)F)cc3)ccn2)c1. The Kier molecular flexibility index (Phi) is 5.63. The van der Waals surface area contributed by atoms with E-state index in [0.717, 1.165) is 23.3 Å². The quantitative estimate of drug-likeness (QED) is 0.644. The molecular weight excluding hydrogens is 367 g/mol. The van der Waals surface area contributed by atoms with Crippen molar-refractivity contribution in [1.29, 1.82) is 0 Å². The topological polar surface area (TPSA) is 54.0 Å². The highest BCUT2D eigenvalue weighted by molar-refractivity contribution is 5.93. The summed E-state index contributed by atoms with van der Waals surface area (Å²) < 4.78 is 37.9. The van der Waals surface area contributed by atoms with Gasteiger partial charge in [0.1, 0.15) is 5.69 Å². The summed E-state index contributed by atoms with van der Waals surface area (Å²) in [5, 5.41) is 5.78. The predicted molar refractivity (Wildman–Crippen MR) is 101 cm³/mol. The van der Waals surface area contributed by atoms with Crippen LogP contribution in [0.5, 0.6) is 0 Å². The third kappa shape index (κ3) is 5.09. The van der Waals surface area contributed by atoms with E-state index >= 15 is 0 Å². The molecule has 0 aliphatic rings. The van der Waals surface area contributed by atoms with E-state index in [1.165, 1.54) is 18.3 Å². The number of amides is 1. The van der Waals surface area contributed by atoms with E-state index in [-0.39, 0.29) is 11.6 Å². The number of carbonyl (C=O) groups is 1. The predicted octanol–water partition coefficient (Wildman–Crippen LogP) is 5.08. The van der Waals surface area contributed by atoms with Crippen molar-refractivity contribution in [1.82, 2.24) is 10.3 Å². The Labute approximate surface area is 160 Å². The van der Waals surface area contributed by atoms with Gasteiger partial charge in [0, 0.05) is 24.1 Å². The molecule has 3 rings (SSSR count). The monoisotopic (exact) mass is 385 g/mol. The molecule has 1 aromatic heterocycles. The number of aromatic nitrogens is 1. The molecule has 2 aromatic carbocycles. The standard InChI is InChI=1S/C21H18F3N3O/c1-14-3-2-4-15(11-14)13-26-20(28)19-12-18(9-10-25-19)27-17-7-5-16(6-8-17)21(22,23)24/h2-12H,13H2,1H3,(H,25,27)(H,26,28). The molecule has 0 saturated carbocycles. The van der Waals surface area contributed by atoms with Crippen LogP contribution in [0, 0.1) is 6.92 Å². The molecule has 0 unspecified atom stereocenters. The minimum Gasteiger partial charge on any atom is -0.355 e. The molecule has 0 bridgehead atoms. The number of pyridine rings is 1. The first-order chi connectivity index (χ1) is 13.3. The van der Waals surface area contributed by atoms with Crippen LogP contribution in [0.15, 0.2) is 66.9 Å². The molecule has 0 radical (unpaired) electrons. The van der Waals surface area contributed by atoms with Crippen molar-refractivity contribution in [3.63, 3.8) is 0 Å². The van der Waals surface area contributed by atoms with Gasteiger partial charge in [-0.1, -0.05) is 29.8 Å². The zero-order chi connectivity index (χ0) is 20.1. The highest BCUT2D eigenvalue weighted by Gasteiger charge is 2.29. The molecule has 1 heterocycles. The fourth-order valence-corrected chi connectivity index (χ4v) is 2.64. The van der Waals surface area contributed by atoms with E-state index in [9.17, 15) is 18.0 Å². The molecule has 144 valence electrons. The minimum absolute atomic E-state index is 0.213. The van der Waals surface area contributed by atoms with Crippen LogP contribution in [0.1, 0.15) is 27.2 Å². The van der Waals surface area contributed by atoms with Crippen LogP contribution < -0.4 is 10.6 Å². The lowest BCUT2D eigenvalue weighted by atomic mass is 10.1. The number of nitrogens with zero attached hydrogens (tertiary/aromatic N) is 1. The maximum Gasteiger partial charge on any atom is 0.416 e. The lowest BCUT2D eigenvalue weighted by Gasteiger charge is -2.10. The summed E-state index contributed by atoms with van der Waals surface area (Å²) >= 11 is 0. The minimum atomic E-state index is -4.38. The first kappa shape index (κ1) is 19.4. The largest absolute Gasteiger partial charge is 0.416 e. The number of hydrogen-bond donors (Lipinski definition) is 2. The Morgan fingerprint density at radius 1 is 1.00 bits per heavy atom. The number of benzene rings is 2. The van der Waals surface area contributed by atoms with Crippen LogP contribution in [-0.4, -0.2) is 10.9 Å². The third-order valence-corrected chi connectivity index (χ3v) is 4.03. The molecule has 1 amide bonds. The molecular formula is C21H18F3N3O. The van der Waals surface area contributed by atoms with Gasteiger partial charge in [0.15, 0.2) is 0 Å². The fourth-order valence-electron chi connectivity index (χ4n) is 2.64. The summed E-state index contributed by atoms with van der Waals surface area (Å²) in [5.74, 6) is -0.336. The smallest absolute Gasteiger partial charge is 0.355 e. The van der Waals surface area contributed by atoms with Gasteiger partial charge in [0.2, 0.25) is 0 Å². The van der Waals surface area contributed by atoms with Gasteiger partial charge < -0.3 is 10.6 Å². The van der Waals surface area contributed by atoms with Gasteiger partial charge >= 0.3 is 6.18 Å². The second kappa shape index (κ2) is 8.12. The zero-order valence-electron chi connectivity index (χ0n) is 15.0. The highest BCUT2D eigenvalue weighted by atomic mass is 19.4. The van der Waals surface area contributed by atoms with Gasteiger partial charge in [-0.3, -0.25) is 9.78 Å². The molecule has 0 fully saturated rings. The summed E-state index contributed by atoms with van der Waals surface area (Å²) in [6.07, 6.45) is -2.91. The van der Waals surface area contributed by atoms with Crippen molar-refractivity contribution >= 4 is 17.3 Å². The van der Waals surface area contributed by atoms with Gasteiger partial charge in [-0.2, -0.15) is 13.2 Å². The molecule has 3 aromatic rings. The van der Waals surface area contributed by atoms with E-state index in [1.54, 1.807) is 12.1 Å². The summed E-state index contributed by atoms with van der Waals surface area (Å²) in [6.45, 7) is 2.35. The molecule has 4 nitrogen and oxygen atoms in total. The molecule has 0 atom stereocenters. The summed E-state index contributed by atoms with van der Waals surface area (Å²) in [7, 11) is 0. The van der Waals surface area contributed by atoms with Crippen LogP contribution in [0.25, 0.3) is 0 Å². The Morgan fingerprint density at radius 3 is 2.43 bits per heavy atom. The number of anilines is 2. The molecule has 7 heteroatoms. The number of carbonyl (C=O) groups excluding carboxylic acids is 1. The van der Waals surface area contributed by atoms with E-state index < -0.39 is 11.7 Å². The molecule has 0 spiro atoms. The van der Waals surface area contributed by atoms with Crippen LogP contribution in [0.2, 0.25) is 0 Å². The number of rotatable bonds is 5. The average Bonchev–Trinajstić information content (AvgIpc) is 2.66. The van der Waals surface area contributed by atoms with E-state index in [2.05, 4.69) is 15.6 Å². The second-order valence-electron chi connectivity index (χ2n) is 6.30.